The van der Waals surface area contributed by atoms with Crippen LogP contribution in [0, 0.1) is 0 Å². The second-order valence-corrected chi connectivity index (χ2v) is 6.21. The molecule has 0 radical (unpaired) electrons. The van der Waals surface area contributed by atoms with E-state index in [1.807, 2.05) is 16.8 Å². The van der Waals surface area contributed by atoms with Crippen molar-refractivity contribution in [3.05, 3.63) is 48.8 Å². The lowest BCUT2D eigenvalue weighted by Gasteiger charge is -2.18. The maximum atomic E-state index is 12.8. The molecule has 4 aromatic heterocycles. The Kier molecular flexibility index (Phi) is 3.85. The number of hydrogen-bond donors (Lipinski definition) is 1. The summed E-state index contributed by atoms with van der Waals surface area (Å²) in [6, 6.07) is 3.78. The van der Waals surface area contributed by atoms with Crippen LogP contribution >= 0.6 is 0 Å². The lowest BCUT2D eigenvalue weighted by Crippen LogP contribution is -2.34. The van der Waals surface area contributed by atoms with Crippen LogP contribution in [0.15, 0.2) is 37.2 Å². The third-order valence-corrected chi connectivity index (χ3v) is 4.47. The first-order valence-electron chi connectivity index (χ1n) is 8.69. The van der Waals surface area contributed by atoms with Crippen molar-refractivity contribution in [3.63, 3.8) is 0 Å². The highest BCUT2D eigenvalue weighted by atomic mass is 16.2. The summed E-state index contributed by atoms with van der Waals surface area (Å²) < 4.78 is 3.37. The number of nitrogens with zero attached hydrogens (tertiary/aromatic N) is 10. The Labute approximate surface area is 158 Å². The van der Waals surface area contributed by atoms with E-state index >= 15 is 0 Å². The average molecular weight is 377 g/mol. The summed E-state index contributed by atoms with van der Waals surface area (Å²) >= 11 is 0. The molecule has 1 aliphatic rings. The van der Waals surface area contributed by atoms with Crippen molar-refractivity contribution >= 4 is 5.91 Å². The Morgan fingerprint density at radius 3 is 2.82 bits per heavy atom. The molecule has 28 heavy (non-hydrogen) atoms. The second kappa shape index (κ2) is 6.64. The molecule has 0 atom stereocenters. The summed E-state index contributed by atoms with van der Waals surface area (Å²) in [5.74, 6) is 1.77. The molecule has 5 rings (SSSR count). The monoisotopic (exact) mass is 377 g/mol. The molecule has 4 aromatic rings. The zero-order valence-electron chi connectivity index (χ0n) is 14.7. The summed E-state index contributed by atoms with van der Waals surface area (Å²) in [6.07, 6.45) is 6.99. The van der Waals surface area contributed by atoms with E-state index in [0.29, 0.717) is 37.8 Å². The number of fused-ring (bicyclic) bond motifs is 1. The van der Waals surface area contributed by atoms with Gasteiger partial charge >= 0.3 is 0 Å². The van der Waals surface area contributed by atoms with E-state index in [1.165, 1.54) is 17.2 Å². The number of H-pyrrole nitrogens is 1. The van der Waals surface area contributed by atoms with E-state index in [4.69, 9.17) is 0 Å². The van der Waals surface area contributed by atoms with Gasteiger partial charge in [-0.25, -0.2) is 9.67 Å². The third kappa shape index (κ3) is 2.90. The van der Waals surface area contributed by atoms with Crippen molar-refractivity contribution in [3.8, 4) is 17.3 Å². The molecular formula is C16H15N11O. The zero-order valence-corrected chi connectivity index (χ0v) is 14.7. The largest absolute Gasteiger partial charge is 0.334 e. The fourth-order valence-electron chi connectivity index (χ4n) is 3.04. The minimum absolute atomic E-state index is 0.173. The Morgan fingerprint density at radius 1 is 1.11 bits per heavy atom. The molecule has 0 fully saturated rings. The van der Waals surface area contributed by atoms with Gasteiger partial charge in [0.25, 0.3) is 11.9 Å². The molecule has 0 spiro atoms. The highest BCUT2D eigenvalue weighted by molar-refractivity contribution is 5.90. The van der Waals surface area contributed by atoms with Crippen LogP contribution in [0.1, 0.15) is 16.4 Å². The summed E-state index contributed by atoms with van der Waals surface area (Å²) in [5, 5.41) is 18.7. The topological polar surface area (TPSA) is 136 Å². The Morgan fingerprint density at radius 2 is 2.00 bits per heavy atom. The first-order chi connectivity index (χ1) is 13.8. The highest BCUT2D eigenvalue weighted by Crippen LogP contribution is 2.16. The molecule has 0 aliphatic carbocycles. The molecule has 5 heterocycles. The van der Waals surface area contributed by atoms with E-state index in [2.05, 4.69) is 40.4 Å². The van der Waals surface area contributed by atoms with Gasteiger partial charge in [0.1, 0.15) is 18.5 Å². The number of hydrogen-bond acceptors (Lipinski definition) is 8. The number of rotatable bonds is 3. The summed E-state index contributed by atoms with van der Waals surface area (Å²) in [5.41, 5.74) is 0.874. The van der Waals surface area contributed by atoms with Crippen LogP contribution in [-0.4, -0.2) is 73.6 Å². The van der Waals surface area contributed by atoms with E-state index < -0.39 is 0 Å². The van der Waals surface area contributed by atoms with Gasteiger partial charge < -0.3 is 4.90 Å². The van der Waals surface area contributed by atoms with Crippen LogP contribution in [-0.2, 0) is 13.0 Å². The second-order valence-electron chi connectivity index (χ2n) is 6.21. The van der Waals surface area contributed by atoms with Crippen LogP contribution in [0.3, 0.4) is 0 Å². The normalized spacial score (nSPS) is 13.9. The van der Waals surface area contributed by atoms with Gasteiger partial charge in [0.15, 0.2) is 5.82 Å². The van der Waals surface area contributed by atoms with Gasteiger partial charge in [-0.3, -0.25) is 19.4 Å². The Balaban J connectivity index is 1.31. The molecule has 1 N–H and O–H groups in total. The van der Waals surface area contributed by atoms with Crippen LogP contribution in [0.4, 0.5) is 0 Å². The van der Waals surface area contributed by atoms with Gasteiger partial charge in [0.2, 0.25) is 5.82 Å². The summed E-state index contributed by atoms with van der Waals surface area (Å²) in [6.45, 7) is 1.58. The molecule has 12 heteroatoms. The van der Waals surface area contributed by atoms with Crippen molar-refractivity contribution in [1.29, 1.82) is 0 Å². The first-order valence-corrected chi connectivity index (χ1v) is 8.69. The predicted octanol–water partition coefficient (Wildman–Crippen LogP) is -0.263. The van der Waals surface area contributed by atoms with Crippen molar-refractivity contribution in [2.75, 3.05) is 13.1 Å². The Bertz CT molecular complexity index is 1070. The third-order valence-electron chi connectivity index (χ3n) is 4.47. The minimum atomic E-state index is -0.218. The molecule has 1 aliphatic heterocycles. The van der Waals surface area contributed by atoms with Gasteiger partial charge in [0.05, 0.1) is 6.54 Å². The molecule has 0 aromatic carbocycles. The minimum Gasteiger partial charge on any atom is -0.334 e. The van der Waals surface area contributed by atoms with Crippen molar-refractivity contribution in [2.24, 2.45) is 0 Å². The number of amides is 1. The van der Waals surface area contributed by atoms with Crippen LogP contribution in [0.5, 0.6) is 0 Å². The van der Waals surface area contributed by atoms with Gasteiger partial charge in [0, 0.05) is 37.5 Å². The quantitative estimate of drug-likeness (QED) is 0.515. The predicted molar refractivity (Wildman–Crippen MR) is 94.2 cm³/mol. The summed E-state index contributed by atoms with van der Waals surface area (Å²) in [4.78, 5) is 27.5. The maximum Gasteiger partial charge on any atom is 0.291 e. The van der Waals surface area contributed by atoms with Crippen molar-refractivity contribution < 1.29 is 4.79 Å². The molecule has 0 unspecified atom stereocenters. The zero-order chi connectivity index (χ0) is 18.9. The number of aromatic nitrogens is 10. The smallest absolute Gasteiger partial charge is 0.291 e. The van der Waals surface area contributed by atoms with E-state index in [0.717, 1.165) is 11.4 Å². The van der Waals surface area contributed by atoms with Crippen LogP contribution in [0.2, 0.25) is 0 Å². The fraction of sp³-hybridized carbons (Fsp3) is 0.250. The van der Waals surface area contributed by atoms with Crippen molar-refractivity contribution in [1.82, 2.24) is 54.6 Å². The van der Waals surface area contributed by atoms with E-state index in [9.17, 15) is 4.79 Å². The lowest BCUT2D eigenvalue weighted by atomic mass is 10.3. The number of aromatic amines is 1. The average Bonchev–Trinajstić information content (AvgIpc) is 3.47. The molecule has 12 nitrogen and oxygen atoms in total. The highest BCUT2D eigenvalue weighted by Gasteiger charge is 2.24. The molecule has 140 valence electrons. The molecular weight excluding hydrogens is 362 g/mol. The lowest BCUT2D eigenvalue weighted by molar-refractivity contribution is 0.0746. The van der Waals surface area contributed by atoms with E-state index in [-0.39, 0.29) is 11.7 Å². The van der Waals surface area contributed by atoms with Crippen LogP contribution < -0.4 is 0 Å². The first kappa shape index (κ1) is 16.2. The number of carbonyl (C=O) groups is 1. The van der Waals surface area contributed by atoms with Gasteiger partial charge in [-0.1, -0.05) is 0 Å². The standard InChI is InChI=1S/C16H15N11O/c28-15(14-21-16(23-22-14)26-9-18-19-10-26)25-5-3-12-20-13(24-27(12)7-6-25)11-2-1-4-17-8-11/h1-2,4,8-10H,3,5-7H2,(H,21,22,23). The Hall–Kier alpha value is -3.96. The van der Waals surface area contributed by atoms with Gasteiger partial charge in [-0.05, 0) is 12.1 Å². The number of nitrogens with one attached hydrogen (secondary N) is 1. The molecule has 0 saturated carbocycles. The van der Waals surface area contributed by atoms with Gasteiger partial charge in [-0.2, -0.15) is 10.1 Å². The van der Waals surface area contributed by atoms with E-state index in [1.54, 1.807) is 17.3 Å². The number of carbonyl (C=O) groups excluding carboxylic acids is 1. The molecule has 1 amide bonds. The molecule has 0 bridgehead atoms. The number of pyridine rings is 1. The van der Waals surface area contributed by atoms with Crippen molar-refractivity contribution in [2.45, 2.75) is 13.0 Å². The fourth-order valence-corrected chi connectivity index (χ4v) is 3.04. The summed E-state index contributed by atoms with van der Waals surface area (Å²) in [7, 11) is 0. The SMILES string of the molecule is O=C(c1nc(-n2cnnc2)n[nH]1)N1CCc2nc(-c3cccnc3)nn2CC1. The van der Waals surface area contributed by atoms with Crippen LogP contribution in [0.25, 0.3) is 17.3 Å². The maximum absolute atomic E-state index is 12.8. The van der Waals surface area contributed by atoms with Gasteiger partial charge in [-0.15, -0.1) is 15.3 Å². The molecule has 0 saturated heterocycles.